The minimum Gasteiger partial charge on any atom is -0.462 e. The molecule has 1 nitrogen and oxygen atoms in total. The zero-order valence-electron chi connectivity index (χ0n) is 7.82. The Morgan fingerprint density at radius 1 is 1.29 bits per heavy atom. The van der Waals surface area contributed by atoms with Crippen LogP contribution in [0.3, 0.4) is 0 Å². The highest BCUT2D eigenvalue weighted by Gasteiger charge is 2.08. The number of hydrogen-bond acceptors (Lipinski definition) is 1. The number of ether oxygens (including phenoxy) is 1. The van der Waals surface area contributed by atoms with Crippen molar-refractivity contribution in [2.45, 2.75) is 19.8 Å². The Morgan fingerprint density at radius 2 is 2.00 bits per heavy atom. The highest BCUT2D eigenvalue weighted by atomic mass is 19.3. The number of hydrogen-bond donors (Lipinski definition) is 0. The predicted octanol–water partition coefficient (Wildman–Crippen LogP) is 3.70. The molecule has 0 saturated heterocycles. The first kappa shape index (κ1) is 10.9. The molecular formula is C10H11F3O. The molecule has 0 radical (unpaired) electrons. The SMILES string of the molecule is CC1=CC=C(COC(F)=C(F)F)CC1. The van der Waals surface area contributed by atoms with Gasteiger partial charge in [0.15, 0.2) is 0 Å². The van der Waals surface area contributed by atoms with E-state index in [2.05, 4.69) is 4.74 Å². The fraction of sp³-hybridized carbons (Fsp3) is 0.400. The molecule has 0 bridgehead atoms. The fourth-order valence-corrected chi connectivity index (χ4v) is 1.12. The molecular weight excluding hydrogens is 193 g/mol. The van der Waals surface area contributed by atoms with Crippen molar-refractivity contribution in [2.75, 3.05) is 6.61 Å². The van der Waals surface area contributed by atoms with Gasteiger partial charge in [-0.25, -0.2) is 0 Å². The van der Waals surface area contributed by atoms with Gasteiger partial charge in [-0.15, -0.1) is 0 Å². The molecule has 14 heavy (non-hydrogen) atoms. The Bertz CT molecular complexity index is 298. The second-order valence-corrected chi connectivity index (χ2v) is 3.16. The van der Waals surface area contributed by atoms with Crippen molar-refractivity contribution in [3.63, 3.8) is 0 Å². The van der Waals surface area contributed by atoms with Crippen LogP contribution in [0.25, 0.3) is 0 Å². The Kier molecular flexibility index (Phi) is 3.80. The third kappa shape index (κ3) is 3.28. The van der Waals surface area contributed by atoms with E-state index >= 15 is 0 Å². The molecule has 0 aromatic carbocycles. The predicted molar refractivity (Wildman–Crippen MR) is 47.4 cm³/mol. The average Bonchev–Trinajstić information content (AvgIpc) is 2.16. The molecule has 0 atom stereocenters. The largest absolute Gasteiger partial charge is 0.462 e. The van der Waals surface area contributed by atoms with Crippen molar-refractivity contribution in [3.05, 3.63) is 35.4 Å². The van der Waals surface area contributed by atoms with Gasteiger partial charge < -0.3 is 4.74 Å². The van der Waals surface area contributed by atoms with E-state index in [4.69, 9.17) is 0 Å². The Balaban J connectivity index is 2.44. The van der Waals surface area contributed by atoms with Crippen molar-refractivity contribution >= 4 is 0 Å². The van der Waals surface area contributed by atoms with E-state index in [1.165, 1.54) is 5.57 Å². The highest BCUT2D eigenvalue weighted by Crippen LogP contribution is 2.19. The van der Waals surface area contributed by atoms with Crippen LogP contribution in [0, 0.1) is 0 Å². The molecule has 0 spiro atoms. The van der Waals surface area contributed by atoms with Crippen LogP contribution >= 0.6 is 0 Å². The Hall–Kier alpha value is -1.19. The second-order valence-electron chi connectivity index (χ2n) is 3.16. The van der Waals surface area contributed by atoms with E-state index < -0.39 is 12.1 Å². The topological polar surface area (TPSA) is 9.23 Å². The van der Waals surface area contributed by atoms with Gasteiger partial charge in [-0.1, -0.05) is 17.7 Å². The second kappa shape index (κ2) is 4.88. The van der Waals surface area contributed by atoms with Crippen LogP contribution < -0.4 is 0 Å². The van der Waals surface area contributed by atoms with Crippen LogP contribution in [0.4, 0.5) is 13.2 Å². The van der Waals surface area contributed by atoms with E-state index in [1.807, 2.05) is 13.0 Å². The first-order valence-electron chi connectivity index (χ1n) is 4.28. The maximum absolute atomic E-state index is 12.2. The number of allylic oxidation sites excluding steroid dienone is 3. The number of halogens is 3. The van der Waals surface area contributed by atoms with Gasteiger partial charge in [0.25, 0.3) is 0 Å². The first-order chi connectivity index (χ1) is 6.59. The molecule has 0 aliphatic heterocycles. The van der Waals surface area contributed by atoms with E-state index in [0.717, 1.165) is 18.4 Å². The molecule has 1 rings (SSSR count). The van der Waals surface area contributed by atoms with Gasteiger partial charge in [-0.2, -0.15) is 13.2 Å². The third-order valence-corrected chi connectivity index (χ3v) is 1.98. The van der Waals surface area contributed by atoms with Crippen LogP contribution in [0.15, 0.2) is 35.4 Å². The molecule has 0 saturated carbocycles. The van der Waals surface area contributed by atoms with Crippen LogP contribution in [0.5, 0.6) is 0 Å². The quantitative estimate of drug-likeness (QED) is 0.637. The maximum Gasteiger partial charge on any atom is 0.342 e. The van der Waals surface area contributed by atoms with E-state index in [9.17, 15) is 13.2 Å². The van der Waals surface area contributed by atoms with E-state index in [0.29, 0.717) is 0 Å². The molecule has 0 aromatic heterocycles. The van der Waals surface area contributed by atoms with Crippen LogP contribution in [-0.2, 0) is 4.74 Å². The van der Waals surface area contributed by atoms with Gasteiger partial charge in [0.2, 0.25) is 0 Å². The van der Waals surface area contributed by atoms with Gasteiger partial charge >= 0.3 is 12.1 Å². The molecule has 0 unspecified atom stereocenters. The smallest absolute Gasteiger partial charge is 0.342 e. The van der Waals surface area contributed by atoms with Crippen LogP contribution in [0.1, 0.15) is 19.8 Å². The summed E-state index contributed by atoms with van der Waals surface area (Å²) in [5.41, 5.74) is 2.05. The molecule has 1 aliphatic carbocycles. The van der Waals surface area contributed by atoms with Gasteiger partial charge in [0, 0.05) is 0 Å². The van der Waals surface area contributed by atoms with Crippen molar-refractivity contribution in [2.24, 2.45) is 0 Å². The molecule has 78 valence electrons. The summed E-state index contributed by atoms with van der Waals surface area (Å²) in [6, 6.07) is -1.78. The molecule has 0 amide bonds. The summed E-state index contributed by atoms with van der Waals surface area (Å²) in [7, 11) is 0. The lowest BCUT2D eigenvalue weighted by Gasteiger charge is -2.11. The van der Waals surface area contributed by atoms with Crippen LogP contribution in [0.2, 0.25) is 0 Å². The third-order valence-electron chi connectivity index (χ3n) is 1.98. The standard InChI is InChI=1S/C10H11F3O/c1-7-2-4-8(5-3-7)6-14-10(13)9(11)12/h2,4H,3,5-6H2,1H3. The van der Waals surface area contributed by atoms with E-state index in [1.54, 1.807) is 6.08 Å². The summed E-state index contributed by atoms with van der Waals surface area (Å²) < 4.78 is 39.7. The monoisotopic (exact) mass is 204 g/mol. The van der Waals surface area contributed by atoms with Crippen molar-refractivity contribution in [1.82, 2.24) is 0 Å². The lowest BCUT2D eigenvalue weighted by atomic mass is 10.0. The summed E-state index contributed by atoms with van der Waals surface area (Å²) in [4.78, 5) is 0. The normalized spacial score (nSPS) is 15.7. The van der Waals surface area contributed by atoms with E-state index in [-0.39, 0.29) is 6.61 Å². The summed E-state index contributed by atoms with van der Waals surface area (Å²) in [6.07, 6.45) is 2.87. The zero-order chi connectivity index (χ0) is 10.6. The lowest BCUT2D eigenvalue weighted by molar-refractivity contribution is 0.134. The first-order valence-corrected chi connectivity index (χ1v) is 4.28. The Labute approximate surface area is 80.6 Å². The molecule has 1 aliphatic rings. The minimum absolute atomic E-state index is 0.104. The summed E-state index contributed by atoms with van der Waals surface area (Å²) in [5, 5.41) is 0. The van der Waals surface area contributed by atoms with Crippen molar-refractivity contribution in [1.29, 1.82) is 0 Å². The van der Waals surface area contributed by atoms with Crippen LogP contribution in [-0.4, -0.2) is 6.61 Å². The molecule has 4 heteroatoms. The van der Waals surface area contributed by atoms with Crippen molar-refractivity contribution in [3.8, 4) is 0 Å². The molecule has 0 N–H and O–H groups in total. The Morgan fingerprint density at radius 3 is 2.50 bits per heavy atom. The van der Waals surface area contributed by atoms with Gasteiger partial charge in [0.05, 0.1) is 0 Å². The highest BCUT2D eigenvalue weighted by molar-refractivity contribution is 5.23. The summed E-state index contributed by atoms with van der Waals surface area (Å²) in [5.74, 6) is 0. The molecule has 0 aromatic rings. The minimum atomic E-state index is -2.41. The summed E-state index contributed by atoms with van der Waals surface area (Å²) >= 11 is 0. The average molecular weight is 204 g/mol. The summed E-state index contributed by atoms with van der Waals surface area (Å²) in [6.45, 7) is 1.88. The lowest BCUT2D eigenvalue weighted by Crippen LogP contribution is -2.00. The van der Waals surface area contributed by atoms with Crippen molar-refractivity contribution < 1.29 is 17.9 Å². The van der Waals surface area contributed by atoms with Gasteiger partial charge in [-0.05, 0) is 25.3 Å². The maximum atomic E-state index is 12.2. The number of rotatable bonds is 3. The zero-order valence-corrected chi connectivity index (χ0v) is 7.82. The molecule has 0 heterocycles. The van der Waals surface area contributed by atoms with Gasteiger partial charge in [-0.3, -0.25) is 0 Å². The van der Waals surface area contributed by atoms with Gasteiger partial charge in [0.1, 0.15) is 6.61 Å². The fourth-order valence-electron chi connectivity index (χ4n) is 1.12. The molecule has 0 fully saturated rings.